The summed E-state index contributed by atoms with van der Waals surface area (Å²) in [5.74, 6) is -0.571. The molecule has 1 aromatic rings. The number of hydrogen-bond acceptors (Lipinski definition) is 4. The molecule has 1 heterocycles. The average Bonchev–Trinajstić information content (AvgIpc) is 2.67. The maximum atomic E-state index is 13.9. The van der Waals surface area contributed by atoms with Crippen molar-refractivity contribution >= 4 is 28.7 Å². The first kappa shape index (κ1) is 12.3. The van der Waals surface area contributed by atoms with Gasteiger partial charge in [-0.3, -0.25) is 0 Å². The van der Waals surface area contributed by atoms with Crippen LogP contribution in [0.2, 0.25) is 5.02 Å². The summed E-state index contributed by atoms with van der Waals surface area (Å²) in [5, 5.41) is 3.02. The van der Waals surface area contributed by atoms with Crippen molar-refractivity contribution in [3.05, 3.63) is 16.9 Å². The third-order valence-electron chi connectivity index (χ3n) is 3.01. The highest BCUT2D eigenvalue weighted by atomic mass is 35.5. The molecule has 0 saturated carbocycles. The highest BCUT2D eigenvalue weighted by molar-refractivity contribution is 6.33. The largest absolute Gasteiger partial charge is 0.397 e. The average molecular weight is 259 g/mol. The zero-order valence-corrected chi connectivity index (χ0v) is 10.4. The molecular weight excluding hydrogens is 243 g/mol. The fraction of sp³-hybridized carbons (Fsp3) is 0.455. The molecule has 1 saturated heterocycles. The van der Waals surface area contributed by atoms with Crippen molar-refractivity contribution in [3.8, 4) is 0 Å². The normalized spacial score (nSPS) is 20.8. The van der Waals surface area contributed by atoms with Crippen molar-refractivity contribution in [1.82, 2.24) is 4.90 Å². The van der Waals surface area contributed by atoms with E-state index in [2.05, 4.69) is 10.2 Å². The maximum Gasteiger partial charge on any atom is 0.169 e. The van der Waals surface area contributed by atoms with E-state index in [1.165, 1.54) is 6.07 Å². The highest BCUT2D eigenvalue weighted by Gasteiger charge is 2.22. The number of rotatable bonds is 2. The minimum absolute atomic E-state index is 0.0759. The van der Waals surface area contributed by atoms with Crippen LogP contribution in [0.25, 0.3) is 0 Å². The number of nitrogen functional groups attached to an aromatic ring is 2. The lowest BCUT2D eigenvalue weighted by atomic mass is 10.2. The van der Waals surface area contributed by atoms with Crippen LogP contribution in [0.5, 0.6) is 0 Å². The van der Waals surface area contributed by atoms with Crippen LogP contribution < -0.4 is 16.8 Å². The van der Waals surface area contributed by atoms with Gasteiger partial charge in [-0.1, -0.05) is 11.6 Å². The van der Waals surface area contributed by atoms with Gasteiger partial charge in [0.2, 0.25) is 0 Å². The SMILES string of the molecule is CN1CCC(Nc2c(N)cc(N)c(Cl)c2F)C1. The van der Waals surface area contributed by atoms with Gasteiger partial charge in [0.1, 0.15) is 5.02 Å². The Morgan fingerprint density at radius 1 is 1.47 bits per heavy atom. The smallest absolute Gasteiger partial charge is 0.169 e. The van der Waals surface area contributed by atoms with Crippen molar-refractivity contribution in [1.29, 1.82) is 0 Å². The molecule has 0 radical (unpaired) electrons. The Hall–Kier alpha value is -1.20. The lowest BCUT2D eigenvalue weighted by Crippen LogP contribution is -2.24. The summed E-state index contributed by atoms with van der Waals surface area (Å²) < 4.78 is 13.9. The molecule has 1 fully saturated rings. The molecule has 1 aliphatic heterocycles. The van der Waals surface area contributed by atoms with Gasteiger partial charge in [0, 0.05) is 12.6 Å². The van der Waals surface area contributed by atoms with E-state index in [0.29, 0.717) is 5.69 Å². The molecule has 1 aromatic carbocycles. The van der Waals surface area contributed by atoms with Gasteiger partial charge in [-0.2, -0.15) is 0 Å². The van der Waals surface area contributed by atoms with Crippen molar-refractivity contribution in [3.63, 3.8) is 0 Å². The summed E-state index contributed by atoms with van der Waals surface area (Å²) in [6, 6.07) is 1.67. The molecule has 1 unspecified atom stereocenters. The van der Waals surface area contributed by atoms with Crippen LogP contribution in [-0.4, -0.2) is 31.1 Å². The summed E-state index contributed by atoms with van der Waals surface area (Å²) in [5.41, 5.74) is 12.0. The predicted molar refractivity (Wildman–Crippen MR) is 69.8 cm³/mol. The Labute approximate surface area is 105 Å². The fourth-order valence-electron chi connectivity index (χ4n) is 2.07. The first-order valence-electron chi connectivity index (χ1n) is 5.47. The molecule has 6 heteroatoms. The number of benzene rings is 1. The van der Waals surface area contributed by atoms with Gasteiger partial charge in [0.15, 0.2) is 5.82 Å². The van der Waals surface area contributed by atoms with Gasteiger partial charge >= 0.3 is 0 Å². The molecule has 94 valence electrons. The number of nitrogens with zero attached hydrogens (tertiary/aromatic N) is 1. The molecule has 1 aliphatic rings. The monoisotopic (exact) mass is 258 g/mol. The van der Waals surface area contributed by atoms with E-state index in [4.69, 9.17) is 23.1 Å². The van der Waals surface area contributed by atoms with E-state index >= 15 is 0 Å². The molecule has 0 bridgehead atoms. The van der Waals surface area contributed by atoms with Crippen LogP contribution >= 0.6 is 11.6 Å². The van der Waals surface area contributed by atoms with Crippen LogP contribution in [0.4, 0.5) is 21.5 Å². The number of nitrogens with one attached hydrogen (secondary N) is 1. The minimum Gasteiger partial charge on any atom is -0.397 e. The third-order valence-corrected chi connectivity index (χ3v) is 3.39. The molecule has 0 amide bonds. The Kier molecular flexibility index (Phi) is 3.31. The summed E-state index contributed by atoms with van der Waals surface area (Å²) >= 11 is 5.76. The van der Waals surface area contributed by atoms with E-state index in [-0.39, 0.29) is 22.4 Å². The number of nitrogens with two attached hydrogens (primary N) is 2. The zero-order chi connectivity index (χ0) is 12.6. The number of halogens is 2. The van der Waals surface area contributed by atoms with Crippen LogP contribution in [0.15, 0.2) is 6.07 Å². The van der Waals surface area contributed by atoms with E-state index in [1.54, 1.807) is 0 Å². The van der Waals surface area contributed by atoms with Crippen LogP contribution in [0.3, 0.4) is 0 Å². The summed E-state index contributed by atoms with van der Waals surface area (Å²) in [6.07, 6.45) is 0.956. The number of likely N-dealkylation sites (N-methyl/N-ethyl adjacent to an activating group) is 1. The first-order chi connectivity index (χ1) is 7.99. The van der Waals surface area contributed by atoms with Gasteiger partial charge in [-0.15, -0.1) is 0 Å². The van der Waals surface area contributed by atoms with Gasteiger partial charge in [0.25, 0.3) is 0 Å². The zero-order valence-electron chi connectivity index (χ0n) is 9.63. The first-order valence-corrected chi connectivity index (χ1v) is 5.85. The summed E-state index contributed by atoms with van der Waals surface area (Å²) in [4.78, 5) is 2.17. The molecule has 0 aromatic heterocycles. The standard InChI is InChI=1S/C11H16ClFN4/c1-17-3-2-6(5-17)16-11-8(15)4-7(14)9(12)10(11)13/h4,6,16H,2-3,5,14-15H2,1H3. The van der Waals surface area contributed by atoms with Crippen molar-refractivity contribution in [2.45, 2.75) is 12.5 Å². The second-order valence-corrected chi connectivity index (χ2v) is 4.83. The molecule has 2 rings (SSSR count). The molecule has 5 N–H and O–H groups in total. The maximum absolute atomic E-state index is 13.9. The Balaban J connectivity index is 2.24. The molecule has 1 atom stereocenters. The lowest BCUT2D eigenvalue weighted by molar-refractivity contribution is 0.414. The van der Waals surface area contributed by atoms with Gasteiger partial charge in [-0.05, 0) is 26.1 Å². The van der Waals surface area contributed by atoms with Gasteiger partial charge in [0.05, 0.1) is 17.1 Å². The predicted octanol–water partition coefficient (Wildman–Crippen LogP) is 1.76. The number of anilines is 3. The minimum atomic E-state index is -0.571. The topological polar surface area (TPSA) is 67.3 Å². The highest BCUT2D eigenvalue weighted by Crippen LogP contribution is 2.34. The second-order valence-electron chi connectivity index (χ2n) is 4.45. The van der Waals surface area contributed by atoms with E-state index in [9.17, 15) is 4.39 Å². The Morgan fingerprint density at radius 2 is 2.18 bits per heavy atom. The van der Waals surface area contributed by atoms with Crippen LogP contribution in [0, 0.1) is 5.82 Å². The quantitative estimate of drug-likeness (QED) is 0.707. The fourth-order valence-corrected chi connectivity index (χ4v) is 2.22. The van der Waals surface area contributed by atoms with E-state index in [0.717, 1.165) is 19.5 Å². The molecule has 0 spiro atoms. The Morgan fingerprint density at radius 3 is 2.76 bits per heavy atom. The van der Waals surface area contributed by atoms with Crippen molar-refractivity contribution in [2.75, 3.05) is 36.9 Å². The van der Waals surface area contributed by atoms with E-state index < -0.39 is 5.82 Å². The number of hydrogen-bond donors (Lipinski definition) is 3. The van der Waals surface area contributed by atoms with Gasteiger partial charge < -0.3 is 21.7 Å². The number of likely N-dealkylation sites (tertiary alicyclic amines) is 1. The van der Waals surface area contributed by atoms with Gasteiger partial charge in [-0.25, -0.2) is 4.39 Å². The second kappa shape index (κ2) is 4.58. The lowest BCUT2D eigenvalue weighted by Gasteiger charge is -2.17. The molecular formula is C11H16ClFN4. The third kappa shape index (κ3) is 2.40. The van der Waals surface area contributed by atoms with Crippen molar-refractivity contribution < 1.29 is 4.39 Å². The Bertz CT molecular complexity index is 438. The van der Waals surface area contributed by atoms with E-state index in [1.807, 2.05) is 7.05 Å². The molecule has 4 nitrogen and oxygen atoms in total. The molecule has 0 aliphatic carbocycles. The van der Waals surface area contributed by atoms with Crippen molar-refractivity contribution in [2.24, 2.45) is 0 Å². The summed E-state index contributed by atoms with van der Waals surface area (Å²) in [7, 11) is 2.03. The van der Waals surface area contributed by atoms with Crippen LogP contribution in [0.1, 0.15) is 6.42 Å². The molecule has 17 heavy (non-hydrogen) atoms. The van der Waals surface area contributed by atoms with Crippen LogP contribution in [-0.2, 0) is 0 Å². The summed E-state index contributed by atoms with van der Waals surface area (Å²) in [6.45, 7) is 1.85.